The molecule has 1 aliphatic heterocycles. The highest BCUT2D eigenvalue weighted by molar-refractivity contribution is 5.69. The van der Waals surface area contributed by atoms with E-state index in [2.05, 4.69) is 6.92 Å². The van der Waals surface area contributed by atoms with Crippen LogP contribution in [-0.4, -0.2) is 37.0 Å². The first kappa shape index (κ1) is 13.8. The van der Waals surface area contributed by atoms with Crippen LogP contribution in [0.3, 0.4) is 0 Å². The van der Waals surface area contributed by atoms with Gasteiger partial charge >= 0.3 is 5.97 Å². The van der Waals surface area contributed by atoms with E-state index in [0.29, 0.717) is 12.3 Å². The summed E-state index contributed by atoms with van der Waals surface area (Å²) in [4.78, 5) is 11.5. The highest BCUT2D eigenvalue weighted by atomic mass is 16.6. The Bertz CT molecular complexity index is 324. The molecule has 1 saturated carbocycles. The van der Waals surface area contributed by atoms with Gasteiger partial charge in [-0.15, -0.1) is 0 Å². The van der Waals surface area contributed by atoms with Gasteiger partial charge in [0.05, 0.1) is 12.2 Å². The maximum absolute atomic E-state index is 11.5. The number of esters is 1. The van der Waals surface area contributed by atoms with Crippen molar-refractivity contribution in [3.05, 3.63) is 0 Å². The zero-order chi connectivity index (χ0) is 13.4. The van der Waals surface area contributed by atoms with E-state index >= 15 is 0 Å². The van der Waals surface area contributed by atoms with Crippen LogP contribution in [0.2, 0.25) is 0 Å². The van der Waals surface area contributed by atoms with Gasteiger partial charge in [-0.05, 0) is 39.0 Å². The molecular weight excluding hydrogens is 232 g/mol. The molecule has 0 aromatic heterocycles. The summed E-state index contributed by atoms with van der Waals surface area (Å²) in [6, 6.07) is 0. The number of carbonyl (C=O) groups is 1. The van der Waals surface area contributed by atoms with E-state index in [1.165, 1.54) is 0 Å². The van der Waals surface area contributed by atoms with Crippen molar-refractivity contribution in [2.24, 2.45) is 5.92 Å². The van der Waals surface area contributed by atoms with Crippen molar-refractivity contribution in [3.8, 4) is 0 Å². The second-order valence-electron chi connectivity index (χ2n) is 5.92. The molecule has 4 atom stereocenters. The molecule has 2 fully saturated rings. The fourth-order valence-electron chi connectivity index (χ4n) is 2.80. The van der Waals surface area contributed by atoms with Crippen molar-refractivity contribution in [2.45, 2.75) is 63.8 Å². The Balaban J connectivity index is 2.05. The van der Waals surface area contributed by atoms with Crippen LogP contribution in [0.15, 0.2) is 0 Å². The average molecular weight is 256 g/mol. The summed E-state index contributed by atoms with van der Waals surface area (Å²) in [5.74, 6) is 0.321. The average Bonchev–Trinajstić information content (AvgIpc) is 3.11. The lowest BCUT2D eigenvalue weighted by Crippen LogP contribution is -2.50. The minimum atomic E-state index is -0.355. The Morgan fingerprint density at radius 1 is 1.44 bits per heavy atom. The number of hydrogen-bond acceptors (Lipinski definition) is 4. The molecule has 2 aliphatic rings. The van der Waals surface area contributed by atoms with Crippen molar-refractivity contribution < 1.29 is 19.0 Å². The van der Waals surface area contributed by atoms with Crippen molar-refractivity contribution in [3.63, 3.8) is 0 Å². The molecule has 2 unspecified atom stereocenters. The first-order valence-electron chi connectivity index (χ1n) is 6.82. The smallest absolute Gasteiger partial charge is 0.305 e. The Morgan fingerprint density at radius 2 is 2.11 bits per heavy atom. The lowest BCUT2D eigenvalue weighted by Gasteiger charge is -2.43. The predicted molar refractivity (Wildman–Crippen MR) is 67.3 cm³/mol. The molecule has 18 heavy (non-hydrogen) atoms. The van der Waals surface area contributed by atoms with Crippen LogP contribution in [0, 0.1) is 5.92 Å². The van der Waals surface area contributed by atoms with Gasteiger partial charge in [0.1, 0.15) is 11.7 Å². The third kappa shape index (κ3) is 2.54. The van der Waals surface area contributed by atoms with Gasteiger partial charge in [0.25, 0.3) is 0 Å². The number of ether oxygens (including phenoxy) is 3. The molecule has 1 saturated heterocycles. The Hall–Kier alpha value is -0.610. The molecule has 1 heterocycles. The van der Waals surface area contributed by atoms with Gasteiger partial charge in [-0.1, -0.05) is 6.92 Å². The van der Waals surface area contributed by atoms with Crippen LogP contribution >= 0.6 is 0 Å². The van der Waals surface area contributed by atoms with Gasteiger partial charge in [0.15, 0.2) is 0 Å². The zero-order valence-corrected chi connectivity index (χ0v) is 11.8. The molecule has 0 radical (unpaired) electrons. The molecule has 2 rings (SSSR count). The van der Waals surface area contributed by atoms with Gasteiger partial charge in [0.2, 0.25) is 0 Å². The summed E-state index contributed by atoms with van der Waals surface area (Å²) < 4.78 is 16.7. The number of epoxide rings is 1. The first-order valence-corrected chi connectivity index (χ1v) is 6.82. The summed E-state index contributed by atoms with van der Waals surface area (Å²) in [5, 5.41) is 0. The van der Waals surface area contributed by atoms with Gasteiger partial charge in [-0.3, -0.25) is 4.79 Å². The maximum Gasteiger partial charge on any atom is 0.305 e. The third-order valence-corrected chi connectivity index (χ3v) is 4.66. The molecule has 0 N–H and O–H groups in total. The maximum atomic E-state index is 11.5. The van der Waals surface area contributed by atoms with Crippen LogP contribution in [-0.2, 0) is 19.0 Å². The predicted octanol–water partition coefficient (Wildman–Crippen LogP) is 2.30. The van der Waals surface area contributed by atoms with Crippen LogP contribution in [0.1, 0.15) is 46.5 Å². The van der Waals surface area contributed by atoms with Crippen molar-refractivity contribution >= 4 is 5.97 Å². The molecule has 0 aromatic carbocycles. The van der Waals surface area contributed by atoms with E-state index in [9.17, 15) is 4.79 Å². The molecular formula is C14H24O4. The topological polar surface area (TPSA) is 48.1 Å². The lowest BCUT2D eigenvalue weighted by molar-refractivity contribution is -0.179. The molecule has 4 nitrogen and oxygen atoms in total. The van der Waals surface area contributed by atoms with E-state index in [-0.39, 0.29) is 23.3 Å². The molecule has 0 bridgehead atoms. The Morgan fingerprint density at radius 3 is 2.61 bits per heavy atom. The van der Waals surface area contributed by atoms with E-state index in [4.69, 9.17) is 14.2 Å². The molecule has 0 amide bonds. The van der Waals surface area contributed by atoms with E-state index < -0.39 is 0 Å². The monoisotopic (exact) mass is 256 g/mol. The fraction of sp³-hybridized carbons (Fsp3) is 0.929. The number of rotatable bonds is 4. The SMILES string of the molecule is CCC(=O)O[C@H]1CC(C2(C)CO2)CC[C@]1(C)OC. The molecule has 0 aromatic rings. The first-order chi connectivity index (χ1) is 8.43. The lowest BCUT2D eigenvalue weighted by atomic mass is 9.73. The molecule has 104 valence electrons. The molecule has 1 aliphatic carbocycles. The summed E-state index contributed by atoms with van der Waals surface area (Å²) in [6.45, 7) is 6.83. The molecule has 0 spiro atoms. The van der Waals surface area contributed by atoms with Crippen LogP contribution in [0.25, 0.3) is 0 Å². The van der Waals surface area contributed by atoms with Crippen molar-refractivity contribution in [1.29, 1.82) is 0 Å². The van der Waals surface area contributed by atoms with E-state index in [1.54, 1.807) is 7.11 Å². The zero-order valence-electron chi connectivity index (χ0n) is 11.8. The van der Waals surface area contributed by atoms with E-state index in [1.807, 2.05) is 13.8 Å². The summed E-state index contributed by atoms with van der Waals surface area (Å²) in [7, 11) is 1.70. The van der Waals surface area contributed by atoms with Crippen LogP contribution in [0.4, 0.5) is 0 Å². The number of hydrogen-bond donors (Lipinski definition) is 0. The highest BCUT2D eigenvalue weighted by Crippen LogP contribution is 2.46. The molecule has 4 heteroatoms. The number of methoxy groups -OCH3 is 1. The summed E-state index contributed by atoms with van der Waals surface area (Å²) in [6.07, 6.45) is 3.08. The van der Waals surface area contributed by atoms with Crippen molar-refractivity contribution in [1.82, 2.24) is 0 Å². The van der Waals surface area contributed by atoms with Gasteiger partial charge in [-0.2, -0.15) is 0 Å². The van der Waals surface area contributed by atoms with Gasteiger partial charge in [0, 0.05) is 13.5 Å². The largest absolute Gasteiger partial charge is 0.459 e. The second kappa shape index (κ2) is 4.82. The van der Waals surface area contributed by atoms with Crippen LogP contribution in [0.5, 0.6) is 0 Å². The van der Waals surface area contributed by atoms with E-state index in [0.717, 1.165) is 25.9 Å². The quantitative estimate of drug-likeness (QED) is 0.572. The third-order valence-electron chi connectivity index (χ3n) is 4.66. The highest BCUT2D eigenvalue weighted by Gasteiger charge is 2.53. The standard InChI is InChI=1S/C14H24O4/c1-5-12(15)18-11-8-10(14(3)9-17-14)6-7-13(11,2)16-4/h10-11H,5-9H2,1-4H3/t10?,11-,13-,14?/m0/s1. The minimum absolute atomic E-state index is 0.00590. The minimum Gasteiger partial charge on any atom is -0.459 e. The Labute approximate surface area is 109 Å². The fourth-order valence-corrected chi connectivity index (χ4v) is 2.80. The second-order valence-corrected chi connectivity index (χ2v) is 5.92. The summed E-state index contributed by atoms with van der Waals surface area (Å²) in [5.41, 5.74) is -0.349. The summed E-state index contributed by atoms with van der Waals surface area (Å²) >= 11 is 0. The number of carbonyl (C=O) groups excluding carboxylic acids is 1. The Kier molecular flexibility index (Phi) is 3.70. The van der Waals surface area contributed by atoms with Crippen molar-refractivity contribution in [2.75, 3.05) is 13.7 Å². The normalized spacial score (nSPS) is 43.6. The van der Waals surface area contributed by atoms with Gasteiger partial charge in [-0.25, -0.2) is 0 Å². The van der Waals surface area contributed by atoms with Crippen LogP contribution < -0.4 is 0 Å². The van der Waals surface area contributed by atoms with Gasteiger partial charge < -0.3 is 14.2 Å².